The van der Waals surface area contributed by atoms with Crippen molar-refractivity contribution in [2.45, 2.75) is 13.3 Å². The average Bonchev–Trinajstić information content (AvgIpc) is 2.74. The number of quaternary nitrogens is 1. The van der Waals surface area contributed by atoms with Gasteiger partial charge in [0, 0.05) is 42.5 Å². The van der Waals surface area contributed by atoms with Gasteiger partial charge < -0.3 is 0 Å². The third-order valence-electron chi connectivity index (χ3n) is 3.77. The van der Waals surface area contributed by atoms with E-state index in [9.17, 15) is 9.65 Å². The van der Waals surface area contributed by atoms with E-state index >= 15 is 0 Å². The highest BCUT2D eigenvalue weighted by molar-refractivity contribution is 7.99. The molecule has 96 valence electrons. The molecule has 1 saturated heterocycles. The molecule has 2 aliphatic heterocycles. The van der Waals surface area contributed by atoms with Gasteiger partial charge in [-0.3, -0.25) is 0 Å². The Morgan fingerprint density at radius 2 is 2.37 bits per heavy atom. The molecule has 0 bridgehead atoms. The molecule has 1 fully saturated rings. The Balaban J connectivity index is 2.18. The number of nitrogens with zero attached hydrogens (tertiary/aromatic N) is 3. The molecule has 0 amide bonds. The molecule has 0 aromatic carbocycles. The number of rotatable bonds is 1. The normalized spacial score (nSPS) is 25.8. The van der Waals surface area contributed by atoms with Crippen molar-refractivity contribution in [3.63, 3.8) is 0 Å². The zero-order valence-corrected chi connectivity index (χ0v) is 11.4. The number of aromatic nitrogens is 1. The fourth-order valence-corrected chi connectivity index (χ4v) is 3.82. The van der Waals surface area contributed by atoms with E-state index < -0.39 is 5.95 Å². The first-order valence-corrected chi connectivity index (χ1v) is 7.25. The van der Waals surface area contributed by atoms with E-state index in [2.05, 4.69) is 11.2 Å². The summed E-state index contributed by atoms with van der Waals surface area (Å²) in [5.74, 6) is 1.25. The first kappa shape index (κ1) is 12.4. The van der Waals surface area contributed by atoms with Crippen molar-refractivity contribution < 1.29 is 8.87 Å². The average molecular weight is 274 g/mol. The van der Waals surface area contributed by atoms with Crippen molar-refractivity contribution in [2.75, 3.05) is 11.6 Å². The van der Waals surface area contributed by atoms with E-state index in [1.165, 1.54) is 6.20 Å². The number of fused-ring (bicyclic) bond motifs is 1. The fourth-order valence-electron chi connectivity index (χ4n) is 2.65. The Bertz CT molecular complexity index is 644. The maximum absolute atomic E-state index is 13.9. The number of pyridine rings is 1. The van der Waals surface area contributed by atoms with Gasteiger partial charge in [-0.15, -0.1) is 17.0 Å². The van der Waals surface area contributed by atoms with E-state index in [1.807, 2.05) is 13.0 Å². The Kier molecular flexibility index (Phi) is 2.92. The van der Waals surface area contributed by atoms with Gasteiger partial charge in [0.1, 0.15) is 17.3 Å². The second kappa shape index (κ2) is 4.48. The Labute approximate surface area is 115 Å². The lowest BCUT2D eigenvalue weighted by molar-refractivity contribution is -0.772. The van der Waals surface area contributed by atoms with Crippen molar-refractivity contribution in [1.82, 2.24) is 4.98 Å². The molecule has 19 heavy (non-hydrogen) atoms. The first-order chi connectivity index (χ1) is 9.19. The van der Waals surface area contributed by atoms with Gasteiger partial charge in [0.15, 0.2) is 0 Å². The highest BCUT2D eigenvalue weighted by Crippen LogP contribution is 2.45. The molecule has 1 aromatic rings. The molecule has 0 spiro atoms. The number of nitriles is 1. The molecule has 0 radical (unpaired) electrons. The van der Waals surface area contributed by atoms with Gasteiger partial charge in [-0.05, 0) is 12.1 Å². The molecule has 3 rings (SSSR count). The topological polar surface area (TPSA) is 36.7 Å². The molecule has 0 saturated carbocycles. The Morgan fingerprint density at radius 3 is 3.05 bits per heavy atom. The lowest BCUT2D eigenvalue weighted by atomic mass is 10.1. The largest absolute Gasteiger partial charge is 0.319 e. The van der Waals surface area contributed by atoms with Crippen LogP contribution in [0.4, 0.5) is 4.39 Å². The maximum atomic E-state index is 13.9. The van der Waals surface area contributed by atoms with Crippen LogP contribution in [0.25, 0.3) is 5.57 Å². The van der Waals surface area contributed by atoms with Crippen molar-refractivity contribution in [1.29, 1.82) is 5.26 Å². The number of halogens is 1. The lowest BCUT2D eigenvalue weighted by Crippen LogP contribution is -2.40. The monoisotopic (exact) mass is 274 g/mol. The molecule has 1 atom stereocenters. The van der Waals surface area contributed by atoms with Crippen molar-refractivity contribution in [3.8, 4) is 6.19 Å². The van der Waals surface area contributed by atoms with Crippen LogP contribution < -0.4 is 0 Å². The van der Waals surface area contributed by atoms with Crippen LogP contribution in [0.3, 0.4) is 0 Å². The number of hydrogen-bond donors (Lipinski definition) is 0. The summed E-state index contributed by atoms with van der Waals surface area (Å²) >= 11 is 1.77. The molecule has 3 nitrogen and oxygen atoms in total. The quantitative estimate of drug-likeness (QED) is 0.448. The summed E-state index contributed by atoms with van der Waals surface area (Å²) in [7, 11) is 0. The summed E-state index contributed by atoms with van der Waals surface area (Å²) in [6, 6.07) is 3.44. The Morgan fingerprint density at radius 1 is 1.53 bits per heavy atom. The van der Waals surface area contributed by atoms with Crippen molar-refractivity contribution in [3.05, 3.63) is 47.3 Å². The summed E-state index contributed by atoms with van der Waals surface area (Å²) in [4.78, 5) is 3.70. The SMILES string of the molecule is CC1=C(c2cccnc2F)C=C2CCSC[N+]21C#N. The van der Waals surface area contributed by atoms with Crippen LogP contribution in [0.1, 0.15) is 18.9 Å². The van der Waals surface area contributed by atoms with Crippen LogP contribution >= 0.6 is 11.8 Å². The molecule has 1 aromatic heterocycles. The zero-order chi connectivity index (χ0) is 13.5. The minimum absolute atomic E-state index is 0.217. The lowest BCUT2D eigenvalue weighted by Gasteiger charge is -2.31. The van der Waals surface area contributed by atoms with Crippen molar-refractivity contribution in [2.24, 2.45) is 0 Å². The van der Waals surface area contributed by atoms with Crippen LogP contribution in [-0.4, -0.2) is 21.1 Å². The van der Waals surface area contributed by atoms with Crippen LogP contribution in [0, 0.1) is 17.4 Å². The van der Waals surface area contributed by atoms with E-state index in [4.69, 9.17) is 0 Å². The number of thioether (sulfide) groups is 1. The second-order valence-electron chi connectivity index (χ2n) is 4.67. The minimum Gasteiger partial charge on any atom is -0.228 e. The molecular weight excluding hydrogens is 261 g/mol. The highest BCUT2D eigenvalue weighted by Gasteiger charge is 2.45. The summed E-state index contributed by atoms with van der Waals surface area (Å²) in [6.45, 7) is 1.92. The van der Waals surface area contributed by atoms with Gasteiger partial charge in [-0.2, -0.15) is 8.87 Å². The number of hydrogen-bond acceptors (Lipinski definition) is 3. The summed E-state index contributed by atoms with van der Waals surface area (Å²) in [5, 5.41) is 9.58. The molecule has 2 aliphatic rings. The van der Waals surface area contributed by atoms with E-state index in [1.54, 1.807) is 23.9 Å². The standard InChI is InChI=1S/C14H13FN3S/c1-10-13(12-3-2-5-17-14(12)15)7-11-4-6-19-9-18(10,11)8-16/h2-3,5,7H,4,6,9H2,1H3/q+1. The van der Waals surface area contributed by atoms with Gasteiger partial charge in [0.2, 0.25) is 5.95 Å². The highest BCUT2D eigenvalue weighted by atomic mass is 32.2. The second-order valence-corrected chi connectivity index (χ2v) is 5.75. The van der Waals surface area contributed by atoms with Gasteiger partial charge in [-0.25, -0.2) is 4.98 Å². The van der Waals surface area contributed by atoms with Crippen LogP contribution in [0.15, 0.2) is 35.8 Å². The predicted octanol–water partition coefficient (Wildman–Crippen LogP) is 3.24. The molecule has 1 unspecified atom stereocenters. The van der Waals surface area contributed by atoms with Gasteiger partial charge >= 0.3 is 6.19 Å². The summed E-state index contributed by atoms with van der Waals surface area (Å²) < 4.78 is 14.1. The molecule has 0 aliphatic carbocycles. The van der Waals surface area contributed by atoms with Gasteiger partial charge in [0.05, 0.1) is 0 Å². The fraction of sp³-hybridized carbons (Fsp3) is 0.286. The predicted molar refractivity (Wildman–Crippen MR) is 72.7 cm³/mol. The summed E-state index contributed by atoms with van der Waals surface area (Å²) in [6.07, 6.45) is 6.68. The van der Waals surface area contributed by atoms with Crippen LogP contribution in [0.5, 0.6) is 0 Å². The molecular formula is C14H13FN3S+. The molecule has 0 N–H and O–H groups in total. The molecule has 3 heterocycles. The molecule has 5 heteroatoms. The van der Waals surface area contributed by atoms with Gasteiger partial charge in [-0.1, -0.05) is 0 Å². The van der Waals surface area contributed by atoms with Crippen LogP contribution in [-0.2, 0) is 0 Å². The van der Waals surface area contributed by atoms with Gasteiger partial charge in [0.25, 0.3) is 0 Å². The van der Waals surface area contributed by atoms with Crippen LogP contribution in [0.2, 0.25) is 0 Å². The third kappa shape index (κ3) is 1.71. The first-order valence-electron chi connectivity index (χ1n) is 6.10. The maximum Gasteiger partial charge on any atom is 0.319 e. The summed E-state index contributed by atoms with van der Waals surface area (Å²) in [5.41, 5.74) is 3.26. The smallest absolute Gasteiger partial charge is 0.228 e. The van der Waals surface area contributed by atoms with E-state index in [-0.39, 0.29) is 4.48 Å². The Hall–Kier alpha value is -1.64. The van der Waals surface area contributed by atoms with E-state index in [0.717, 1.165) is 29.1 Å². The zero-order valence-electron chi connectivity index (χ0n) is 10.6. The third-order valence-corrected chi connectivity index (χ3v) is 4.83. The van der Waals surface area contributed by atoms with Crippen molar-refractivity contribution >= 4 is 17.3 Å². The minimum atomic E-state index is -0.475. The van der Waals surface area contributed by atoms with E-state index in [0.29, 0.717) is 11.4 Å². The number of allylic oxidation sites excluding steroid dienone is 4.